The first-order valence-corrected chi connectivity index (χ1v) is 6.81. The van der Waals surface area contributed by atoms with Crippen LogP contribution in [0.5, 0.6) is 0 Å². The predicted octanol–water partition coefficient (Wildman–Crippen LogP) is 2.03. The first-order valence-electron chi connectivity index (χ1n) is 6.81. The van der Waals surface area contributed by atoms with Crippen molar-refractivity contribution in [1.82, 2.24) is 4.90 Å². The van der Waals surface area contributed by atoms with E-state index in [1.54, 1.807) is 0 Å². The normalized spacial score (nSPS) is 18.8. The molecule has 100 valence electrons. The summed E-state index contributed by atoms with van der Waals surface area (Å²) < 4.78 is 5.44. The zero-order chi connectivity index (χ0) is 13.0. The van der Waals surface area contributed by atoms with Gasteiger partial charge in [-0.25, -0.2) is 0 Å². The highest BCUT2D eigenvalue weighted by Gasteiger charge is 2.23. The summed E-state index contributed by atoms with van der Waals surface area (Å²) in [6.07, 6.45) is 1.02. The molecule has 0 bridgehead atoms. The van der Waals surface area contributed by atoms with Crippen molar-refractivity contribution in [3.63, 3.8) is 0 Å². The average molecular weight is 248 g/mol. The average Bonchev–Trinajstić information content (AvgIpc) is 2.40. The second kappa shape index (κ2) is 6.32. The summed E-state index contributed by atoms with van der Waals surface area (Å²) >= 11 is 0. The van der Waals surface area contributed by atoms with E-state index in [4.69, 9.17) is 10.5 Å². The van der Waals surface area contributed by atoms with Crippen LogP contribution in [0.15, 0.2) is 18.2 Å². The Kier molecular flexibility index (Phi) is 4.75. The minimum atomic E-state index is 0.443. The number of nitrogens with two attached hydrogens (primary N) is 1. The summed E-state index contributed by atoms with van der Waals surface area (Å²) in [6, 6.07) is 7.15. The van der Waals surface area contributed by atoms with Gasteiger partial charge in [0.2, 0.25) is 0 Å². The van der Waals surface area contributed by atoms with E-state index < -0.39 is 0 Å². The molecule has 3 heteroatoms. The number of aryl methyl sites for hydroxylation is 2. The van der Waals surface area contributed by atoms with E-state index in [1.165, 1.54) is 16.7 Å². The molecule has 1 aliphatic heterocycles. The van der Waals surface area contributed by atoms with Gasteiger partial charge >= 0.3 is 0 Å². The van der Waals surface area contributed by atoms with E-state index in [9.17, 15) is 0 Å². The fourth-order valence-electron chi connectivity index (χ4n) is 2.70. The number of hydrogen-bond acceptors (Lipinski definition) is 3. The molecule has 1 saturated heterocycles. The quantitative estimate of drug-likeness (QED) is 0.886. The zero-order valence-corrected chi connectivity index (χ0v) is 11.5. The molecular weight excluding hydrogens is 224 g/mol. The van der Waals surface area contributed by atoms with Crippen LogP contribution >= 0.6 is 0 Å². The number of rotatable bonds is 4. The third-order valence-corrected chi connectivity index (χ3v) is 3.72. The van der Waals surface area contributed by atoms with E-state index in [0.29, 0.717) is 6.04 Å². The topological polar surface area (TPSA) is 38.5 Å². The summed E-state index contributed by atoms with van der Waals surface area (Å²) in [5, 5.41) is 0. The molecule has 1 aliphatic rings. The van der Waals surface area contributed by atoms with Crippen LogP contribution in [0.25, 0.3) is 0 Å². The van der Waals surface area contributed by atoms with Gasteiger partial charge in [0.15, 0.2) is 0 Å². The smallest absolute Gasteiger partial charge is 0.0594 e. The minimum Gasteiger partial charge on any atom is -0.379 e. The number of benzene rings is 1. The lowest BCUT2D eigenvalue weighted by atomic mass is 9.95. The summed E-state index contributed by atoms with van der Waals surface area (Å²) in [4.78, 5) is 2.51. The molecule has 1 unspecified atom stereocenters. The Morgan fingerprint density at radius 2 is 2.00 bits per heavy atom. The molecule has 0 amide bonds. The van der Waals surface area contributed by atoms with Crippen LogP contribution in [0, 0.1) is 13.8 Å². The van der Waals surface area contributed by atoms with Gasteiger partial charge in [0.1, 0.15) is 0 Å². The molecule has 2 N–H and O–H groups in total. The standard InChI is InChI=1S/C15H24N2O/c1-12-3-4-13(2)14(11-12)15(5-6-16)17-7-9-18-10-8-17/h3-4,11,15H,5-10,16H2,1-2H3. The Hall–Kier alpha value is -0.900. The third kappa shape index (κ3) is 3.10. The number of nitrogens with zero attached hydrogens (tertiary/aromatic N) is 1. The Labute approximate surface area is 110 Å². The van der Waals surface area contributed by atoms with Crippen molar-refractivity contribution in [2.24, 2.45) is 5.73 Å². The maximum absolute atomic E-state index is 5.80. The van der Waals surface area contributed by atoms with Gasteiger partial charge < -0.3 is 10.5 Å². The van der Waals surface area contributed by atoms with E-state index in [0.717, 1.165) is 39.3 Å². The monoisotopic (exact) mass is 248 g/mol. The lowest BCUT2D eigenvalue weighted by Gasteiger charge is -2.35. The van der Waals surface area contributed by atoms with Crippen molar-refractivity contribution in [1.29, 1.82) is 0 Å². The van der Waals surface area contributed by atoms with E-state index in [2.05, 4.69) is 36.9 Å². The lowest BCUT2D eigenvalue weighted by Crippen LogP contribution is -2.40. The maximum atomic E-state index is 5.80. The summed E-state index contributed by atoms with van der Waals surface area (Å²) in [6.45, 7) is 8.78. The van der Waals surface area contributed by atoms with Crippen molar-refractivity contribution in [2.45, 2.75) is 26.3 Å². The largest absolute Gasteiger partial charge is 0.379 e. The second-order valence-corrected chi connectivity index (χ2v) is 5.10. The molecule has 1 fully saturated rings. The van der Waals surface area contributed by atoms with Crippen LogP contribution in [0.3, 0.4) is 0 Å². The molecule has 18 heavy (non-hydrogen) atoms. The van der Waals surface area contributed by atoms with Crippen LogP contribution in [0.2, 0.25) is 0 Å². The Balaban J connectivity index is 2.24. The molecule has 1 atom stereocenters. The van der Waals surface area contributed by atoms with Crippen molar-refractivity contribution in [3.8, 4) is 0 Å². The van der Waals surface area contributed by atoms with Crippen molar-refractivity contribution in [3.05, 3.63) is 34.9 Å². The maximum Gasteiger partial charge on any atom is 0.0594 e. The first-order chi connectivity index (χ1) is 8.72. The van der Waals surface area contributed by atoms with Gasteiger partial charge in [-0.2, -0.15) is 0 Å². The van der Waals surface area contributed by atoms with Gasteiger partial charge in [-0.05, 0) is 37.9 Å². The molecule has 2 rings (SSSR count). The fraction of sp³-hybridized carbons (Fsp3) is 0.600. The molecule has 0 spiro atoms. The van der Waals surface area contributed by atoms with Crippen molar-refractivity contribution >= 4 is 0 Å². The van der Waals surface area contributed by atoms with E-state index in [1.807, 2.05) is 0 Å². The number of hydrogen-bond donors (Lipinski definition) is 1. The fourth-order valence-corrected chi connectivity index (χ4v) is 2.70. The Morgan fingerprint density at radius 1 is 1.28 bits per heavy atom. The van der Waals surface area contributed by atoms with Crippen LogP contribution in [0.1, 0.15) is 29.2 Å². The number of ether oxygens (including phenoxy) is 1. The molecule has 0 aromatic heterocycles. The predicted molar refractivity (Wildman–Crippen MR) is 74.7 cm³/mol. The Morgan fingerprint density at radius 3 is 2.67 bits per heavy atom. The van der Waals surface area contributed by atoms with Gasteiger partial charge in [-0.3, -0.25) is 4.90 Å². The van der Waals surface area contributed by atoms with Crippen molar-refractivity contribution < 1.29 is 4.74 Å². The molecular formula is C15H24N2O. The second-order valence-electron chi connectivity index (χ2n) is 5.10. The van der Waals surface area contributed by atoms with Crippen molar-refractivity contribution in [2.75, 3.05) is 32.8 Å². The van der Waals surface area contributed by atoms with E-state index >= 15 is 0 Å². The number of morpholine rings is 1. The van der Waals surface area contributed by atoms with Gasteiger partial charge in [-0.15, -0.1) is 0 Å². The van der Waals surface area contributed by atoms with Crippen LogP contribution in [0.4, 0.5) is 0 Å². The summed E-state index contributed by atoms with van der Waals surface area (Å²) in [5.74, 6) is 0. The SMILES string of the molecule is Cc1ccc(C)c(C(CCN)N2CCOCC2)c1. The highest BCUT2D eigenvalue weighted by Crippen LogP contribution is 2.28. The summed E-state index contributed by atoms with van der Waals surface area (Å²) in [5.41, 5.74) is 9.93. The highest BCUT2D eigenvalue weighted by atomic mass is 16.5. The van der Waals surface area contributed by atoms with Crippen LogP contribution < -0.4 is 5.73 Å². The molecule has 1 aromatic rings. The summed E-state index contributed by atoms with van der Waals surface area (Å²) in [7, 11) is 0. The van der Waals surface area contributed by atoms with Gasteiger partial charge in [0.05, 0.1) is 13.2 Å². The highest BCUT2D eigenvalue weighted by molar-refractivity contribution is 5.33. The van der Waals surface area contributed by atoms with Gasteiger partial charge in [-0.1, -0.05) is 23.8 Å². The molecule has 1 heterocycles. The molecule has 0 saturated carbocycles. The molecule has 0 aliphatic carbocycles. The lowest BCUT2D eigenvalue weighted by molar-refractivity contribution is 0.0146. The van der Waals surface area contributed by atoms with E-state index in [-0.39, 0.29) is 0 Å². The molecule has 0 radical (unpaired) electrons. The zero-order valence-electron chi connectivity index (χ0n) is 11.5. The minimum absolute atomic E-state index is 0.443. The Bertz CT molecular complexity index is 386. The molecule has 1 aromatic carbocycles. The van der Waals surface area contributed by atoms with Gasteiger partial charge in [0.25, 0.3) is 0 Å². The van der Waals surface area contributed by atoms with Crippen LogP contribution in [-0.2, 0) is 4.74 Å². The molecule has 3 nitrogen and oxygen atoms in total. The van der Waals surface area contributed by atoms with Gasteiger partial charge in [0, 0.05) is 19.1 Å². The first kappa shape index (κ1) is 13.5. The van der Waals surface area contributed by atoms with Crippen LogP contribution in [-0.4, -0.2) is 37.7 Å². The third-order valence-electron chi connectivity index (χ3n) is 3.72.